The third kappa shape index (κ3) is 3.86. The fourth-order valence-corrected chi connectivity index (χ4v) is 2.44. The smallest absolute Gasteiger partial charge is 0.223 e. The van der Waals surface area contributed by atoms with Crippen LogP contribution in [0.15, 0.2) is 30.3 Å². The number of primary amides is 1. The number of hydrogen-bond donors (Lipinski definition) is 1. The highest BCUT2D eigenvalue weighted by molar-refractivity contribution is 5.80. The van der Waals surface area contributed by atoms with Crippen molar-refractivity contribution in [3.05, 3.63) is 35.9 Å². The summed E-state index contributed by atoms with van der Waals surface area (Å²) >= 11 is 0. The molecule has 0 radical (unpaired) electrons. The Morgan fingerprint density at radius 1 is 1.17 bits per heavy atom. The van der Waals surface area contributed by atoms with E-state index in [1.54, 1.807) is 0 Å². The van der Waals surface area contributed by atoms with Gasteiger partial charge in [-0.2, -0.15) is 0 Å². The number of carbonyl (C=O) groups is 1. The SMILES string of the molecule is CCCCC(CC)(CCc1ccccc1)C(N)=O. The number of carbonyl (C=O) groups excluding carboxylic acids is 1. The van der Waals surface area contributed by atoms with Gasteiger partial charge in [0, 0.05) is 5.41 Å². The molecule has 1 rings (SSSR count). The summed E-state index contributed by atoms with van der Waals surface area (Å²) in [6, 6.07) is 10.3. The highest BCUT2D eigenvalue weighted by Gasteiger charge is 2.33. The van der Waals surface area contributed by atoms with Crippen LogP contribution in [0.1, 0.15) is 51.5 Å². The molecule has 1 aromatic carbocycles. The van der Waals surface area contributed by atoms with E-state index in [1.807, 2.05) is 18.2 Å². The number of rotatable bonds is 8. The average Bonchev–Trinajstić information content (AvgIpc) is 2.40. The normalized spacial score (nSPS) is 14.1. The van der Waals surface area contributed by atoms with E-state index < -0.39 is 0 Å². The second-order valence-electron chi connectivity index (χ2n) is 5.09. The largest absolute Gasteiger partial charge is 0.369 e. The molecular weight excluding hydrogens is 222 g/mol. The fourth-order valence-electron chi connectivity index (χ4n) is 2.44. The van der Waals surface area contributed by atoms with Gasteiger partial charge in [-0.15, -0.1) is 0 Å². The molecule has 0 heterocycles. The summed E-state index contributed by atoms with van der Waals surface area (Å²) in [6.07, 6.45) is 5.74. The van der Waals surface area contributed by atoms with Crippen LogP contribution in [-0.4, -0.2) is 5.91 Å². The van der Waals surface area contributed by atoms with E-state index >= 15 is 0 Å². The highest BCUT2D eigenvalue weighted by atomic mass is 16.1. The molecule has 1 aromatic rings. The van der Waals surface area contributed by atoms with Crippen molar-refractivity contribution in [2.45, 2.75) is 52.4 Å². The third-order valence-corrected chi connectivity index (χ3v) is 3.94. The van der Waals surface area contributed by atoms with Crippen molar-refractivity contribution in [2.24, 2.45) is 11.1 Å². The van der Waals surface area contributed by atoms with Crippen molar-refractivity contribution in [1.82, 2.24) is 0 Å². The van der Waals surface area contributed by atoms with Crippen LogP contribution < -0.4 is 5.73 Å². The second kappa shape index (κ2) is 7.20. The quantitative estimate of drug-likeness (QED) is 0.748. The van der Waals surface area contributed by atoms with Crippen molar-refractivity contribution in [3.63, 3.8) is 0 Å². The van der Waals surface area contributed by atoms with E-state index in [4.69, 9.17) is 5.73 Å². The van der Waals surface area contributed by atoms with Crippen LogP contribution in [0.3, 0.4) is 0 Å². The lowest BCUT2D eigenvalue weighted by molar-refractivity contribution is -0.128. The number of aryl methyl sites for hydroxylation is 1. The predicted molar refractivity (Wildman–Crippen MR) is 76.2 cm³/mol. The van der Waals surface area contributed by atoms with Gasteiger partial charge in [-0.3, -0.25) is 4.79 Å². The van der Waals surface area contributed by atoms with Gasteiger partial charge in [-0.1, -0.05) is 57.0 Å². The molecule has 0 spiro atoms. The molecule has 0 bridgehead atoms. The summed E-state index contributed by atoms with van der Waals surface area (Å²) in [6.45, 7) is 4.23. The number of unbranched alkanes of at least 4 members (excludes halogenated alkanes) is 1. The molecule has 2 nitrogen and oxygen atoms in total. The van der Waals surface area contributed by atoms with Crippen LogP contribution in [-0.2, 0) is 11.2 Å². The first-order valence-corrected chi connectivity index (χ1v) is 6.98. The van der Waals surface area contributed by atoms with Gasteiger partial charge in [0.1, 0.15) is 0 Å². The number of benzene rings is 1. The Kier molecular flexibility index (Phi) is 5.90. The number of nitrogens with two attached hydrogens (primary N) is 1. The van der Waals surface area contributed by atoms with Gasteiger partial charge < -0.3 is 5.73 Å². The molecule has 1 unspecified atom stereocenters. The van der Waals surface area contributed by atoms with Crippen molar-refractivity contribution in [2.75, 3.05) is 0 Å². The molecule has 0 aliphatic rings. The summed E-state index contributed by atoms with van der Waals surface area (Å²) < 4.78 is 0. The Morgan fingerprint density at radius 2 is 1.83 bits per heavy atom. The van der Waals surface area contributed by atoms with Crippen LogP contribution >= 0.6 is 0 Å². The van der Waals surface area contributed by atoms with E-state index in [2.05, 4.69) is 26.0 Å². The van der Waals surface area contributed by atoms with Crippen LogP contribution in [0.25, 0.3) is 0 Å². The zero-order valence-electron chi connectivity index (χ0n) is 11.6. The zero-order chi connectivity index (χ0) is 13.4. The van der Waals surface area contributed by atoms with Gasteiger partial charge in [-0.05, 0) is 31.2 Å². The van der Waals surface area contributed by atoms with Crippen molar-refractivity contribution in [1.29, 1.82) is 0 Å². The molecule has 0 saturated heterocycles. The first kappa shape index (κ1) is 14.7. The third-order valence-electron chi connectivity index (χ3n) is 3.94. The minimum atomic E-state index is -0.314. The molecule has 2 N–H and O–H groups in total. The first-order chi connectivity index (χ1) is 8.64. The van der Waals surface area contributed by atoms with Crippen molar-refractivity contribution in [3.8, 4) is 0 Å². The predicted octanol–water partition coefficient (Wildman–Crippen LogP) is 3.69. The molecule has 0 fully saturated rings. The Hall–Kier alpha value is -1.31. The summed E-state index contributed by atoms with van der Waals surface area (Å²) in [4.78, 5) is 11.8. The Labute approximate surface area is 111 Å². The van der Waals surface area contributed by atoms with E-state index in [0.717, 1.165) is 38.5 Å². The van der Waals surface area contributed by atoms with E-state index in [1.165, 1.54) is 5.56 Å². The standard InChI is InChI=1S/C16H25NO/c1-3-5-12-16(4-2,15(17)18)13-11-14-9-7-6-8-10-14/h6-10H,3-5,11-13H2,1-2H3,(H2,17,18). The van der Waals surface area contributed by atoms with E-state index in [0.29, 0.717) is 0 Å². The summed E-state index contributed by atoms with van der Waals surface area (Å²) in [5.74, 6) is -0.130. The zero-order valence-corrected chi connectivity index (χ0v) is 11.6. The maximum absolute atomic E-state index is 11.8. The van der Waals surface area contributed by atoms with Crippen LogP contribution in [0.2, 0.25) is 0 Å². The van der Waals surface area contributed by atoms with E-state index in [9.17, 15) is 4.79 Å². The lowest BCUT2D eigenvalue weighted by Crippen LogP contribution is -2.37. The molecule has 0 saturated carbocycles. The fraction of sp³-hybridized carbons (Fsp3) is 0.562. The van der Waals surface area contributed by atoms with Gasteiger partial charge in [-0.25, -0.2) is 0 Å². The maximum Gasteiger partial charge on any atom is 0.223 e. The molecule has 0 aromatic heterocycles. The first-order valence-electron chi connectivity index (χ1n) is 6.98. The van der Waals surface area contributed by atoms with Gasteiger partial charge >= 0.3 is 0 Å². The monoisotopic (exact) mass is 247 g/mol. The molecule has 2 heteroatoms. The maximum atomic E-state index is 11.8. The highest BCUT2D eigenvalue weighted by Crippen LogP contribution is 2.33. The molecule has 1 amide bonds. The van der Waals surface area contributed by atoms with Crippen LogP contribution in [0, 0.1) is 5.41 Å². The minimum absolute atomic E-state index is 0.130. The molecule has 0 aliphatic heterocycles. The summed E-state index contributed by atoms with van der Waals surface area (Å²) in [5.41, 5.74) is 6.62. The van der Waals surface area contributed by atoms with Gasteiger partial charge in [0.25, 0.3) is 0 Å². The van der Waals surface area contributed by atoms with Crippen LogP contribution in [0.5, 0.6) is 0 Å². The van der Waals surface area contributed by atoms with Crippen molar-refractivity contribution < 1.29 is 4.79 Å². The Balaban J connectivity index is 2.69. The summed E-state index contributed by atoms with van der Waals surface area (Å²) in [5, 5.41) is 0. The molecule has 0 aliphatic carbocycles. The Bertz CT molecular complexity index is 361. The molecule has 1 atom stereocenters. The van der Waals surface area contributed by atoms with Gasteiger partial charge in [0.15, 0.2) is 0 Å². The topological polar surface area (TPSA) is 43.1 Å². The Morgan fingerprint density at radius 3 is 2.33 bits per heavy atom. The number of amides is 1. The lowest BCUT2D eigenvalue weighted by atomic mass is 9.75. The molecular formula is C16H25NO. The van der Waals surface area contributed by atoms with Crippen molar-refractivity contribution >= 4 is 5.91 Å². The van der Waals surface area contributed by atoms with Gasteiger partial charge in [0.05, 0.1) is 0 Å². The molecule has 18 heavy (non-hydrogen) atoms. The molecule has 100 valence electrons. The number of hydrogen-bond acceptors (Lipinski definition) is 1. The van der Waals surface area contributed by atoms with Gasteiger partial charge in [0.2, 0.25) is 5.91 Å². The lowest BCUT2D eigenvalue weighted by Gasteiger charge is -2.29. The second-order valence-corrected chi connectivity index (χ2v) is 5.09. The summed E-state index contributed by atoms with van der Waals surface area (Å²) in [7, 11) is 0. The van der Waals surface area contributed by atoms with E-state index in [-0.39, 0.29) is 11.3 Å². The minimum Gasteiger partial charge on any atom is -0.369 e. The average molecular weight is 247 g/mol. The van der Waals surface area contributed by atoms with Crippen LogP contribution in [0.4, 0.5) is 0 Å².